The number of hydrogen-bond acceptors (Lipinski definition) is 3. The molecule has 2 rings (SSSR count). The number of carbonyl (C=O) groups is 1. The molecule has 3 N–H and O–H groups in total. The van der Waals surface area contributed by atoms with Crippen LogP contribution in [0.4, 0.5) is 5.69 Å². The lowest BCUT2D eigenvalue weighted by atomic mass is 10.0. The van der Waals surface area contributed by atoms with Gasteiger partial charge in [0, 0.05) is 37.9 Å². The first-order chi connectivity index (χ1) is 12.6. The number of anilines is 1. The van der Waals surface area contributed by atoms with Crippen LogP contribution in [0.1, 0.15) is 33.6 Å². The van der Waals surface area contributed by atoms with Crippen molar-refractivity contribution in [1.29, 1.82) is 0 Å². The van der Waals surface area contributed by atoms with Gasteiger partial charge in [-0.1, -0.05) is 32.0 Å². The van der Waals surface area contributed by atoms with E-state index in [4.69, 9.17) is 0 Å². The summed E-state index contributed by atoms with van der Waals surface area (Å²) in [6.45, 7) is 9.86. The molecule has 1 heterocycles. The summed E-state index contributed by atoms with van der Waals surface area (Å²) in [7, 11) is 0. The topological polar surface area (TPSA) is 68.8 Å². The highest BCUT2D eigenvalue weighted by Crippen LogP contribution is 2.12. The summed E-state index contributed by atoms with van der Waals surface area (Å²) in [5.74, 6) is 1.26. The van der Waals surface area contributed by atoms with Gasteiger partial charge in [0.2, 0.25) is 5.91 Å². The Morgan fingerprint density at radius 3 is 2.46 bits per heavy atom. The normalized spacial score (nSPS) is 15.8. The zero-order valence-corrected chi connectivity index (χ0v) is 16.3. The van der Waals surface area contributed by atoms with Crippen molar-refractivity contribution < 1.29 is 4.79 Å². The van der Waals surface area contributed by atoms with Gasteiger partial charge in [-0.2, -0.15) is 0 Å². The van der Waals surface area contributed by atoms with Crippen molar-refractivity contribution >= 4 is 17.6 Å². The molecule has 26 heavy (non-hydrogen) atoms. The third-order valence-corrected chi connectivity index (χ3v) is 4.60. The minimum Gasteiger partial charge on any atom is -0.380 e. The van der Waals surface area contributed by atoms with Gasteiger partial charge < -0.3 is 20.9 Å². The number of benzene rings is 1. The van der Waals surface area contributed by atoms with E-state index in [0.717, 1.165) is 44.7 Å². The molecule has 6 heteroatoms. The van der Waals surface area contributed by atoms with Crippen molar-refractivity contribution in [2.45, 2.75) is 39.7 Å². The molecule has 0 saturated carbocycles. The van der Waals surface area contributed by atoms with Gasteiger partial charge in [-0.3, -0.25) is 4.79 Å². The molecule has 1 aromatic carbocycles. The molecule has 1 atom stereocenters. The van der Waals surface area contributed by atoms with Crippen LogP contribution in [0, 0.1) is 5.92 Å². The maximum atomic E-state index is 12.2. The Morgan fingerprint density at radius 2 is 1.85 bits per heavy atom. The molecule has 1 amide bonds. The first-order valence-corrected chi connectivity index (χ1v) is 9.71. The summed E-state index contributed by atoms with van der Waals surface area (Å²) < 4.78 is 0. The van der Waals surface area contributed by atoms with Crippen LogP contribution in [0.25, 0.3) is 0 Å². The maximum Gasteiger partial charge on any atom is 0.244 e. The van der Waals surface area contributed by atoms with Crippen molar-refractivity contribution in [3.8, 4) is 0 Å². The summed E-state index contributed by atoms with van der Waals surface area (Å²) in [6.07, 6.45) is 2.21. The molecule has 1 fully saturated rings. The van der Waals surface area contributed by atoms with E-state index in [1.165, 1.54) is 0 Å². The number of nitrogens with zero attached hydrogens (tertiary/aromatic N) is 2. The zero-order chi connectivity index (χ0) is 18.8. The lowest BCUT2D eigenvalue weighted by molar-refractivity contribution is -0.128. The van der Waals surface area contributed by atoms with Crippen molar-refractivity contribution in [3.05, 3.63) is 30.3 Å². The Kier molecular flexibility index (Phi) is 8.25. The van der Waals surface area contributed by atoms with Crippen molar-refractivity contribution in [1.82, 2.24) is 15.5 Å². The van der Waals surface area contributed by atoms with Gasteiger partial charge in [0.05, 0.1) is 0 Å². The number of nitrogens with one attached hydrogen (secondary N) is 3. The van der Waals surface area contributed by atoms with E-state index >= 15 is 0 Å². The standard InChI is InChI=1S/C20H33N5O/c1-4-21-20(23-15-19(26)25-12-8-9-13-25)22-14-18(16(2)3)24-17-10-6-5-7-11-17/h5-7,10-11,16,18,24H,4,8-9,12-15H2,1-3H3,(H2,21,22,23). The molecule has 0 radical (unpaired) electrons. The first-order valence-electron chi connectivity index (χ1n) is 9.71. The van der Waals surface area contributed by atoms with E-state index in [-0.39, 0.29) is 18.5 Å². The van der Waals surface area contributed by atoms with Crippen LogP contribution in [0.15, 0.2) is 35.3 Å². The van der Waals surface area contributed by atoms with Crippen LogP contribution in [-0.2, 0) is 4.79 Å². The Labute approximate surface area is 157 Å². The maximum absolute atomic E-state index is 12.2. The Hall–Kier alpha value is -2.24. The Morgan fingerprint density at radius 1 is 1.15 bits per heavy atom. The molecular formula is C20H33N5O. The average molecular weight is 360 g/mol. The second-order valence-electron chi connectivity index (χ2n) is 7.02. The van der Waals surface area contributed by atoms with Gasteiger partial charge in [-0.05, 0) is 37.8 Å². The molecule has 6 nitrogen and oxygen atoms in total. The van der Waals surface area contributed by atoms with Gasteiger partial charge in [0.1, 0.15) is 6.54 Å². The number of para-hydroxylation sites is 1. The quantitative estimate of drug-likeness (QED) is 0.492. The molecule has 0 aliphatic carbocycles. The number of hydrogen-bond donors (Lipinski definition) is 3. The fourth-order valence-corrected chi connectivity index (χ4v) is 2.96. The molecule has 0 bridgehead atoms. The molecule has 1 unspecified atom stereocenters. The van der Waals surface area contributed by atoms with Crippen molar-refractivity contribution in [3.63, 3.8) is 0 Å². The van der Waals surface area contributed by atoms with Gasteiger partial charge in [0.15, 0.2) is 5.96 Å². The highest BCUT2D eigenvalue weighted by molar-refractivity contribution is 5.85. The summed E-state index contributed by atoms with van der Waals surface area (Å²) >= 11 is 0. The molecule has 144 valence electrons. The van der Waals surface area contributed by atoms with E-state index in [1.54, 1.807) is 0 Å². The van der Waals surface area contributed by atoms with E-state index in [2.05, 4.69) is 46.9 Å². The summed E-state index contributed by atoms with van der Waals surface area (Å²) in [5.41, 5.74) is 1.11. The lowest BCUT2D eigenvalue weighted by Gasteiger charge is -2.25. The van der Waals surface area contributed by atoms with Crippen LogP contribution in [0.3, 0.4) is 0 Å². The van der Waals surface area contributed by atoms with Crippen LogP contribution in [0.2, 0.25) is 0 Å². The molecule has 1 aliphatic rings. The van der Waals surface area contributed by atoms with Crippen LogP contribution >= 0.6 is 0 Å². The fourth-order valence-electron chi connectivity index (χ4n) is 2.96. The largest absolute Gasteiger partial charge is 0.380 e. The van der Waals surface area contributed by atoms with E-state index in [1.807, 2.05) is 30.0 Å². The number of amides is 1. The van der Waals surface area contributed by atoms with E-state index in [0.29, 0.717) is 11.9 Å². The van der Waals surface area contributed by atoms with Crippen LogP contribution < -0.4 is 16.0 Å². The molecule has 0 spiro atoms. The van der Waals surface area contributed by atoms with Crippen molar-refractivity contribution in [2.75, 3.05) is 38.0 Å². The first kappa shape index (κ1) is 20.1. The lowest BCUT2D eigenvalue weighted by Crippen LogP contribution is -2.45. The van der Waals surface area contributed by atoms with E-state index < -0.39 is 0 Å². The minimum atomic E-state index is 0.113. The third kappa shape index (κ3) is 6.58. The van der Waals surface area contributed by atoms with Gasteiger partial charge in [-0.25, -0.2) is 4.99 Å². The highest BCUT2D eigenvalue weighted by atomic mass is 16.2. The smallest absolute Gasteiger partial charge is 0.244 e. The zero-order valence-electron chi connectivity index (χ0n) is 16.3. The number of carbonyl (C=O) groups excluding carboxylic acids is 1. The number of likely N-dealkylation sites (tertiary alicyclic amines) is 1. The van der Waals surface area contributed by atoms with Crippen LogP contribution in [-0.4, -0.2) is 55.5 Å². The average Bonchev–Trinajstić information content (AvgIpc) is 3.18. The molecule has 1 aliphatic heterocycles. The molecular weight excluding hydrogens is 326 g/mol. The summed E-state index contributed by atoms with van der Waals surface area (Å²) in [5, 5.41) is 10.2. The Balaban J connectivity index is 1.89. The Bertz CT molecular complexity index is 567. The predicted molar refractivity (Wildman–Crippen MR) is 108 cm³/mol. The van der Waals surface area contributed by atoms with Gasteiger partial charge >= 0.3 is 0 Å². The third-order valence-electron chi connectivity index (χ3n) is 4.60. The van der Waals surface area contributed by atoms with Gasteiger partial charge in [0.25, 0.3) is 0 Å². The highest BCUT2D eigenvalue weighted by Gasteiger charge is 2.18. The number of aliphatic imine (C=N–C) groups is 1. The molecule has 0 aromatic heterocycles. The van der Waals surface area contributed by atoms with E-state index in [9.17, 15) is 4.79 Å². The minimum absolute atomic E-state index is 0.113. The predicted octanol–water partition coefficient (Wildman–Crippen LogP) is 2.30. The summed E-state index contributed by atoms with van der Waals surface area (Å²) in [4.78, 5) is 18.6. The van der Waals surface area contributed by atoms with Crippen molar-refractivity contribution in [2.24, 2.45) is 10.9 Å². The SMILES string of the molecule is CCNC(=NCC(=O)N1CCCC1)NCC(Nc1ccccc1)C(C)C. The molecule has 1 aromatic rings. The molecule has 1 saturated heterocycles. The second kappa shape index (κ2) is 10.7. The fraction of sp³-hybridized carbons (Fsp3) is 0.600. The second-order valence-corrected chi connectivity index (χ2v) is 7.02. The number of rotatable bonds is 8. The van der Waals surface area contributed by atoms with Crippen LogP contribution in [0.5, 0.6) is 0 Å². The monoisotopic (exact) mass is 359 g/mol. The number of guanidine groups is 1. The van der Waals surface area contributed by atoms with Gasteiger partial charge in [-0.15, -0.1) is 0 Å². The summed E-state index contributed by atoms with van der Waals surface area (Å²) in [6, 6.07) is 10.5.